The molecule has 0 N–H and O–H groups in total. The zero-order valence-electron chi connectivity index (χ0n) is 13.8. The molecule has 3 rings (SSSR count). The Bertz CT molecular complexity index is 893. The molecule has 0 aromatic carbocycles. The Balaban J connectivity index is 2.09. The predicted molar refractivity (Wildman–Crippen MR) is 88.2 cm³/mol. The average Bonchev–Trinajstić information content (AvgIpc) is 2.63. The van der Waals surface area contributed by atoms with Crippen molar-refractivity contribution in [3.8, 4) is 5.75 Å². The number of aryl methyl sites for hydroxylation is 1. The second kappa shape index (κ2) is 6.46. The van der Waals surface area contributed by atoms with Crippen LogP contribution >= 0.6 is 0 Å². The predicted octanol–water partition coefficient (Wildman–Crippen LogP) is 0.116. The van der Waals surface area contributed by atoms with Crippen LogP contribution in [-0.4, -0.2) is 45.1 Å². The maximum absolute atomic E-state index is 12.8. The number of rotatable bonds is 3. The zero-order chi connectivity index (χ0) is 17.3. The first-order chi connectivity index (χ1) is 11.5. The number of likely N-dealkylation sites (tertiary alicyclic amines) is 1. The lowest BCUT2D eigenvalue weighted by Gasteiger charge is -2.26. The Morgan fingerprint density at radius 3 is 2.62 bits per heavy atom. The van der Waals surface area contributed by atoms with Gasteiger partial charge >= 0.3 is 5.69 Å². The molecule has 2 aromatic heterocycles. The lowest BCUT2D eigenvalue weighted by molar-refractivity contribution is -0.132. The van der Waals surface area contributed by atoms with Gasteiger partial charge in [-0.3, -0.25) is 14.2 Å². The minimum Gasteiger partial charge on any atom is -0.496 e. The van der Waals surface area contributed by atoms with E-state index in [1.807, 2.05) is 0 Å². The summed E-state index contributed by atoms with van der Waals surface area (Å²) in [6.07, 6.45) is 4.48. The Morgan fingerprint density at radius 1 is 1.25 bits per heavy atom. The third-order valence-corrected chi connectivity index (χ3v) is 4.41. The SMILES string of the molecule is COc1ccnc2c1c(=O)n(CC(=O)N1CCCCC1)c(=O)n2C. The molecule has 0 aliphatic carbocycles. The highest BCUT2D eigenvalue weighted by Gasteiger charge is 2.21. The lowest BCUT2D eigenvalue weighted by Crippen LogP contribution is -2.45. The van der Waals surface area contributed by atoms with Crippen LogP contribution in [0, 0.1) is 0 Å². The van der Waals surface area contributed by atoms with E-state index in [9.17, 15) is 14.4 Å². The third kappa shape index (κ3) is 2.68. The molecule has 0 bridgehead atoms. The number of hydrogen-bond donors (Lipinski definition) is 0. The third-order valence-electron chi connectivity index (χ3n) is 4.41. The van der Waals surface area contributed by atoms with Gasteiger partial charge in [-0.1, -0.05) is 0 Å². The molecular formula is C16H20N4O4. The summed E-state index contributed by atoms with van der Waals surface area (Å²) < 4.78 is 7.44. The van der Waals surface area contributed by atoms with Gasteiger partial charge in [0.05, 0.1) is 7.11 Å². The van der Waals surface area contributed by atoms with E-state index in [-0.39, 0.29) is 23.5 Å². The van der Waals surface area contributed by atoms with Gasteiger partial charge < -0.3 is 9.64 Å². The Hall–Kier alpha value is -2.64. The first kappa shape index (κ1) is 16.2. The molecule has 8 nitrogen and oxygen atoms in total. The Kier molecular flexibility index (Phi) is 4.37. The van der Waals surface area contributed by atoms with E-state index in [2.05, 4.69) is 4.98 Å². The molecule has 3 heterocycles. The number of ether oxygens (including phenoxy) is 1. The zero-order valence-corrected chi connectivity index (χ0v) is 13.8. The standard InChI is InChI=1S/C16H20N4O4/c1-18-14-13(11(24-2)6-7-17-14)15(22)20(16(18)23)10-12(21)19-8-4-3-5-9-19/h6-7H,3-5,8-10H2,1-2H3. The summed E-state index contributed by atoms with van der Waals surface area (Å²) in [6, 6.07) is 1.56. The van der Waals surface area contributed by atoms with E-state index >= 15 is 0 Å². The summed E-state index contributed by atoms with van der Waals surface area (Å²) in [5.41, 5.74) is -0.868. The average molecular weight is 332 g/mol. The molecule has 1 amide bonds. The van der Waals surface area contributed by atoms with E-state index in [0.717, 1.165) is 23.8 Å². The lowest BCUT2D eigenvalue weighted by atomic mass is 10.1. The molecule has 2 aromatic rings. The molecule has 24 heavy (non-hydrogen) atoms. The van der Waals surface area contributed by atoms with Gasteiger partial charge in [0.15, 0.2) is 5.65 Å². The minimum atomic E-state index is -0.557. The van der Waals surface area contributed by atoms with Gasteiger partial charge in [0.25, 0.3) is 5.56 Å². The molecule has 1 aliphatic rings. The van der Waals surface area contributed by atoms with Crippen molar-refractivity contribution in [2.45, 2.75) is 25.8 Å². The van der Waals surface area contributed by atoms with Gasteiger partial charge in [-0.25, -0.2) is 14.3 Å². The minimum absolute atomic E-state index is 0.202. The van der Waals surface area contributed by atoms with Gasteiger partial charge in [-0.15, -0.1) is 0 Å². The Morgan fingerprint density at radius 2 is 1.96 bits per heavy atom. The van der Waals surface area contributed by atoms with Crippen LogP contribution in [0.2, 0.25) is 0 Å². The van der Waals surface area contributed by atoms with Crippen molar-refractivity contribution in [2.75, 3.05) is 20.2 Å². The normalized spacial score (nSPS) is 14.8. The number of pyridine rings is 1. The molecule has 0 spiro atoms. The fraction of sp³-hybridized carbons (Fsp3) is 0.500. The number of hydrogen-bond acceptors (Lipinski definition) is 5. The van der Waals surface area contributed by atoms with Crippen molar-refractivity contribution in [2.24, 2.45) is 7.05 Å². The van der Waals surface area contributed by atoms with Crippen molar-refractivity contribution in [1.29, 1.82) is 0 Å². The smallest absolute Gasteiger partial charge is 0.332 e. The molecule has 8 heteroatoms. The van der Waals surface area contributed by atoms with Crippen molar-refractivity contribution in [3.05, 3.63) is 33.1 Å². The Labute approximate surface area is 138 Å². The van der Waals surface area contributed by atoms with Crippen LogP contribution in [0.4, 0.5) is 0 Å². The van der Waals surface area contributed by atoms with Gasteiger partial charge in [-0.05, 0) is 25.3 Å². The van der Waals surface area contributed by atoms with Crippen LogP contribution in [0.5, 0.6) is 5.75 Å². The van der Waals surface area contributed by atoms with Crippen molar-refractivity contribution in [3.63, 3.8) is 0 Å². The number of carbonyl (C=O) groups is 1. The van der Waals surface area contributed by atoms with Crippen LogP contribution in [-0.2, 0) is 18.4 Å². The number of methoxy groups -OCH3 is 1. The maximum Gasteiger partial charge on any atom is 0.332 e. The molecule has 0 unspecified atom stereocenters. The molecule has 128 valence electrons. The first-order valence-electron chi connectivity index (χ1n) is 7.95. The summed E-state index contributed by atoms with van der Waals surface area (Å²) in [5, 5.41) is 0.202. The summed E-state index contributed by atoms with van der Waals surface area (Å²) in [4.78, 5) is 43.5. The van der Waals surface area contributed by atoms with Crippen LogP contribution in [0.25, 0.3) is 11.0 Å². The maximum atomic E-state index is 12.8. The van der Waals surface area contributed by atoms with Crippen molar-refractivity contribution < 1.29 is 9.53 Å². The van der Waals surface area contributed by atoms with Crippen LogP contribution in [0.3, 0.4) is 0 Å². The highest BCUT2D eigenvalue weighted by molar-refractivity contribution is 5.82. The number of carbonyl (C=O) groups excluding carboxylic acids is 1. The number of fused-ring (bicyclic) bond motifs is 1. The van der Waals surface area contributed by atoms with Crippen molar-refractivity contribution >= 4 is 16.9 Å². The monoisotopic (exact) mass is 332 g/mol. The summed E-state index contributed by atoms with van der Waals surface area (Å²) in [5.74, 6) is 0.121. The van der Waals surface area contributed by atoms with Gasteiger partial charge in [0, 0.05) is 26.3 Å². The van der Waals surface area contributed by atoms with Gasteiger partial charge in [-0.2, -0.15) is 0 Å². The molecular weight excluding hydrogens is 312 g/mol. The molecule has 1 aliphatic heterocycles. The van der Waals surface area contributed by atoms with Gasteiger partial charge in [0.1, 0.15) is 17.7 Å². The molecule has 1 fully saturated rings. The van der Waals surface area contributed by atoms with E-state index in [4.69, 9.17) is 4.74 Å². The van der Waals surface area contributed by atoms with E-state index in [0.29, 0.717) is 18.8 Å². The van der Waals surface area contributed by atoms with Crippen LogP contribution < -0.4 is 16.0 Å². The topological polar surface area (TPSA) is 86.4 Å². The van der Waals surface area contributed by atoms with Gasteiger partial charge in [0.2, 0.25) is 5.91 Å². The van der Waals surface area contributed by atoms with E-state index < -0.39 is 11.2 Å². The number of nitrogens with zero attached hydrogens (tertiary/aromatic N) is 4. The number of piperidine rings is 1. The van der Waals surface area contributed by atoms with E-state index in [1.165, 1.54) is 24.9 Å². The molecule has 0 radical (unpaired) electrons. The fourth-order valence-corrected chi connectivity index (χ4v) is 3.07. The second-order valence-electron chi connectivity index (χ2n) is 5.89. The van der Waals surface area contributed by atoms with E-state index in [1.54, 1.807) is 11.0 Å². The summed E-state index contributed by atoms with van der Waals surface area (Å²) in [6.45, 7) is 1.08. The number of amides is 1. The highest BCUT2D eigenvalue weighted by atomic mass is 16.5. The molecule has 0 atom stereocenters. The molecule has 1 saturated heterocycles. The van der Waals surface area contributed by atoms with Crippen LogP contribution in [0.1, 0.15) is 19.3 Å². The first-order valence-corrected chi connectivity index (χ1v) is 7.95. The quantitative estimate of drug-likeness (QED) is 0.797. The summed E-state index contributed by atoms with van der Waals surface area (Å²) >= 11 is 0. The summed E-state index contributed by atoms with van der Waals surface area (Å²) in [7, 11) is 2.97. The fourth-order valence-electron chi connectivity index (χ4n) is 3.07. The largest absolute Gasteiger partial charge is 0.496 e. The van der Waals surface area contributed by atoms with Crippen LogP contribution in [0.15, 0.2) is 21.9 Å². The highest BCUT2D eigenvalue weighted by Crippen LogP contribution is 2.18. The number of aromatic nitrogens is 3. The van der Waals surface area contributed by atoms with Crippen molar-refractivity contribution in [1.82, 2.24) is 19.0 Å². The second-order valence-corrected chi connectivity index (χ2v) is 5.89. The molecule has 0 saturated carbocycles.